The number of aromatic nitrogens is 3. The molecule has 1 fully saturated rings. The standard InChI is InChI=1S/C13H20N4O3S/c1-9(21-3)12(18)16-6-4-10(5-7-16)17-8-11(14-15-17)13(19)20-2/h8-10H,4-7H2,1-3H3/t9-/m1/s1. The first-order valence-corrected chi connectivity index (χ1v) is 8.17. The van der Waals surface area contributed by atoms with Crippen LogP contribution in [0.1, 0.15) is 36.3 Å². The van der Waals surface area contributed by atoms with E-state index in [1.165, 1.54) is 7.11 Å². The number of piperidine rings is 1. The van der Waals surface area contributed by atoms with Gasteiger partial charge in [0, 0.05) is 13.1 Å². The van der Waals surface area contributed by atoms with E-state index in [1.54, 1.807) is 22.6 Å². The van der Waals surface area contributed by atoms with E-state index >= 15 is 0 Å². The number of rotatable bonds is 4. The number of methoxy groups -OCH3 is 1. The van der Waals surface area contributed by atoms with Crippen LogP contribution in [0.25, 0.3) is 0 Å². The fourth-order valence-electron chi connectivity index (χ4n) is 2.36. The minimum atomic E-state index is -0.484. The van der Waals surface area contributed by atoms with Gasteiger partial charge in [-0.3, -0.25) is 4.79 Å². The average molecular weight is 312 g/mol. The highest BCUT2D eigenvalue weighted by molar-refractivity contribution is 7.99. The highest BCUT2D eigenvalue weighted by Gasteiger charge is 2.27. The largest absolute Gasteiger partial charge is 0.464 e. The molecule has 0 unspecified atom stereocenters. The maximum Gasteiger partial charge on any atom is 0.360 e. The summed E-state index contributed by atoms with van der Waals surface area (Å²) in [5.74, 6) is -0.294. The Bertz CT molecular complexity index is 511. The molecule has 0 spiro atoms. The summed E-state index contributed by atoms with van der Waals surface area (Å²) in [4.78, 5) is 25.4. The smallest absolute Gasteiger partial charge is 0.360 e. The molecule has 2 rings (SSSR count). The van der Waals surface area contributed by atoms with E-state index in [4.69, 9.17) is 0 Å². The van der Waals surface area contributed by atoms with Crippen molar-refractivity contribution in [3.8, 4) is 0 Å². The maximum atomic E-state index is 12.1. The Morgan fingerprint density at radius 3 is 2.67 bits per heavy atom. The van der Waals surface area contributed by atoms with Crippen LogP contribution >= 0.6 is 11.8 Å². The van der Waals surface area contributed by atoms with Crippen LogP contribution in [0.15, 0.2) is 6.20 Å². The summed E-state index contributed by atoms with van der Waals surface area (Å²) in [6, 6.07) is 0.171. The highest BCUT2D eigenvalue weighted by atomic mass is 32.2. The third kappa shape index (κ3) is 3.55. The molecule has 0 aliphatic carbocycles. The molecular formula is C13H20N4O3S. The topological polar surface area (TPSA) is 77.3 Å². The van der Waals surface area contributed by atoms with Crippen molar-refractivity contribution >= 4 is 23.6 Å². The average Bonchev–Trinajstić information content (AvgIpc) is 3.02. The predicted molar refractivity (Wildman–Crippen MR) is 79.2 cm³/mol. The molecule has 116 valence electrons. The Morgan fingerprint density at radius 1 is 1.43 bits per heavy atom. The van der Waals surface area contributed by atoms with Gasteiger partial charge >= 0.3 is 5.97 Å². The van der Waals surface area contributed by atoms with E-state index in [0.29, 0.717) is 13.1 Å². The van der Waals surface area contributed by atoms with Gasteiger partial charge in [0.05, 0.1) is 24.6 Å². The van der Waals surface area contributed by atoms with Crippen molar-refractivity contribution in [1.82, 2.24) is 19.9 Å². The lowest BCUT2D eigenvalue weighted by molar-refractivity contribution is -0.131. The Labute approximate surface area is 128 Å². The van der Waals surface area contributed by atoms with E-state index in [9.17, 15) is 9.59 Å². The van der Waals surface area contributed by atoms with Gasteiger partial charge in [0.1, 0.15) is 0 Å². The minimum Gasteiger partial charge on any atom is -0.464 e. The second kappa shape index (κ2) is 6.93. The SMILES string of the molecule is COC(=O)c1cn(C2CCN(C(=O)[C@@H](C)SC)CC2)nn1. The zero-order valence-electron chi connectivity index (χ0n) is 12.5. The molecule has 0 N–H and O–H groups in total. The molecule has 1 atom stereocenters. The number of hydrogen-bond donors (Lipinski definition) is 0. The summed E-state index contributed by atoms with van der Waals surface area (Å²) >= 11 is 1.56. The van der Waals surface area contributed by atoms with Crippen molar-refractivity contribution in [2.75, 3.05) is 26.5 Å². The van der Waals surface area contributed by atoms with E-state index in [1.807, 2.05) is 18.1 Å². The third-order valence-corrected chi connectivity index (χ3v) is 4.67. The molecule has 1 aromatic rings. The fourth-order valence-corrected chi connectivity index (χ4v) is 2.71. The van der Waals surface area contributed by atoms with Gasteiger partial charge in [0.25, 0.3) is 0 Å². The van der Waals surface area contributed by atoms with E-state index < -0.39 is 5.97 Å². The summed E-state index contributed by atoms with van der Waals surface area (Å²) in [7, 11) is 1.32. The van der Waals surface area contributed by atoms with Gasteiger partial charge in [-0.25, -0.2) is 9.48 Å². The number of hydrogen-bond acceptors (Lipinski definition) is 6. The van der Waals surface area contributed by atoms with Crippen molar-refractivity contribution in [1.29, 1.82) is 0 Å². The molecule has 8 heteroatoms. The lowest BCUT2D eigenvalue weighted by Crippen LogP contribution is -2.42. The first-order chi connectivity index (χ1) is 10.1. The van der Waals surface area contributed by atoms with Crippen LogP contribution in [0.3, 0.4) is 0 Å². The summed E-state index contributed by atoms with van der Waals surface area (Å²) in [6.07, 6.45) is 5.19. The molecule has 1 aliphatic heterocycles. The van der Waals surface area contributed by atoms with Gasteiger partial charge in [0.15, 0.2) is 5.69 Å². The summed E-state index contributed by atoms with van der Waals surface area (Å²) in [5, 5.41) is 7.80. The van der Waals surface area contributed by atoms with E-state index in [0.717, 1.165) is 12.8 Å². The van der Waals surface area contributed by atoms with Crippen molar-refractivity contribution in [3.63, 3.8) is 0 Å². The van der Waals surface area contributed by atoms with Crippen LogP contribution in [0.2, 0.25) is 0 Å². The number of likely N-dealkylation sites (tertiary alicyclic amines) is 1. The number of ether oxygens (including phenoxy) is 1. The first kappa shape index (κ1) is 15.8. The van der Waals surface area contributed by atoms with Crippen LogP contribution in [-0.2, 0) is 9.53 Å². The van der Waals surface area contributed by atoms with Gasteiger partial charge in [0.2, 0.25) is 5.91 Å². The van der Waals surface area contributed by atoms with Crippen LogP contribution in [-0.4, -0.2) is 63.5 Å². The number of nitrogens with zero attached hydrogens (tertiary/aromatic N) is 4. The molecule has 0 radical (unpaired) electrons. The zero-order valence-corrected chi connectivity index (χ0v) is 13.3. The Morgan fingerprint density at radius 2 is 2.10 bits per heavy atom. The minimum absolute atomic E-state index is 0.00107. The van der Waals surface area contributed by atoms with Gasteiger partial charge < -0.3 is 9.64 Å². The lowest BCUT2D eigenvalue weighted by Gasteiger charge is -2.33. The maximum absolute atomic E-state index is 12.1. The normalized spacial score (nSPS) is 17.6. The van der Waals surface area contributed by atoms with Crippen LogP contribution in [0.5, 0.6) is 0 Å². The van der Waals surface area contributed by atoms with Gasteiger partial charge in [-0.1, -0.05) is 5.21 Å². The second-order valence-corrected chi connectivity index (χ2v) is 6.19. The summed E-state index contributed by atoms with van der Waals surface area (Å²) in [6.45, 7) is 3.35. The van der Waals surface area contributed by atoms with Crippen LogP contribution in [0, 0.1) is 0 Å². The quantitative estimate of drug-likeness (QED) is 0.771. The van der Waals surface area contributed by atoms with Crippen molar-refractivity contribution in [3.05, 3.63) is 11.9 Å². The van der Waals surface area contributed by atoms with Gasteiger partial charge in [-0.15, -0.1) is 5.10 Å². The Hall–Kier alpha value is -1.57. The number of thioether (sulfide) groups is 1. The first-order valence-electron chi connectivity index (χ1n) is 6.88. The molecule has 1 aromatic heterocycles. The van der Waals surface area contributed by atoms with E-state index in [2.05, 4.69) is 15.0 Å². The molecule has 0 bridgehead atoms. The third-order valence-electron chi connectivity index (χ3n) is 3.76. The van der Waals surface area contributed by atoms with Crippen molar-refractivity contribution in [2.45, 2.75) is 31.1 Å². The molecule has 7 nitrogen and oxygen atoms in total. The number of carbonyl (C=O) groups excluding carboxylic acids is 2. The Balaban J connectivity index is 1.93. The molecule has 0 aromatic carbocycles. The zero-order chi connectivity index (χ0) is 15.4. The van der Waals surface area contributed by atoms with Crippen molar-refractivity contribution in [2.24, 2.45) is 0 Å². The molecule has 0 saturated carbocycles. The Kier molecular flexibility index (Phi) is 5.22. The van der Waals surface area contributed by atoms with Crippen LogP contribution in [0.4, 0.5) is 0 Å². The molecule has 1 aliphatic rings. The van der Waals surface area contributed by atoms with Crippen molar-refractivity contribution < 1.29 is 14.3 Å². The van der Waals surface area contributed by atoms with E-state index in [-0.39, 0.29) is 22.9 Å². The second-order valence-electron chi connectivity index (χ2n) is 5.01. The molecule has 21 heavy (non-hydrogen) atoms. The molecule has 1 saturated heterocycles. The number of esters is 1. The summed E-state index contributed by atoms with van der Waals surface area (Å²) < 4.78 is 6.31. The monoisotopic (exact) mass is 312 g/mol. The number of amides is 1. The molecule has 2 heterocycles. The van der Waals surface area contributed by atoms with Gasteiger partial charge in [-0.05, 0) is 26.0 Å². The van der Waals surface area contributed by atoms with Crippen LogP contribution < -0.4 is 0 Å². The lowest BCUT2D eigenvalue weighted by atomic mass is 10.0. The predicted octanol–water partition coefficient (Wildman–Crippen LogP) is 0.980. The molecular weight excluding hydrogens is 292 g/mol. The molecule has 1 amide bonds. The number of carbonyl (C=O) groups is 2. The summed E-state index contributed by atoms with van der Waals surface area (Å²) in [5.41, 5.74) is 0.215. The fraction of sp³-hybridized carbons (Fsp3) is 0.692. The highest BCUT2D eigenvalue weighted by Crippen LogP contribution is 2.23. The van der Waals surface area contributed by atoms with Gasteiger partial charge in [-0.2, -0.15) is 11.8 Å².